The summed E-state index contributed by atoms with van der Waals surface area (Å²) >= 11 is 1.36. The molecule has 10 heteroatoms. The Labute approximate surface area is 200 Å². The number of hydrogen-bond acceptors (Lipinski definition) is 3. The first-order valence-electron chi connectivity index (χ1n) is 10.7. The second-order valence-corrected chi connectivity index (χ2v) is 9.19. The Balaban J connectivity index is 1.61. The lowest BCUT2D eigenvalue weighted by Gasteiger charge is -2.18. The summed E-state index contributed by atoms with van der Waals surface area (Å²) in [6.45, 7) is 0. The molecule has 1 saturated carbocycles. The maximum atomic E-state index is 14.8. The van der Waals surface area contributed by atoms with E-state index in [1.807, 2.05) is 0 Å². The molecule has 0 bridgehead atoms. The highest BCUT2D eigenvalue weighted by molar-refractivity contribution is 7.08. The van der Waals surface area contributed by atoms with Crippen LogP contribution in [0.4, 0.5) is 26.3 Å². The van der Waals surface area contributed by atoms with Gasteiger partial charge in [0, 0.05) is 24.4 Å². The first-order chi connectivity index (χ1) is 16.4. The largest absolute Gasteiger partial charge is 0.419 e. The Morgan fingerprint density at radius 3 is 2.34 bits per heavy atom. The van der Waals surface area contributed by atoms with Crippen LogP contribution in [0.25, 0.3) is 11.1 Å². The second kappa shape index (κ2) is 9.49. The number of halogens is 6. The monoisotopic (exact) mass is 511 g/mol. The van der Waals surface area contributed by atoms with E-state index in [4.69, 9.17) is 0 Å². The van der Waals surface area contributed by atoms with Crippen LogP contribution >= 0.6 is 11.3 Å². The highest BCUT2D eigenvalue weighted by Gasteiger charge is 2.43. The van der Waals surface area contributed by atoms with Gasteiger partial charge < -0.3 is 5.32 Å². The van der Waals surface area contributed by atoms with Crippen LogP contribution in [-0.2, 0) is 34.5 Å². The molecule has 1 aliphatic rings. The number of carbonyl (C=O) groups is 2. The molecular formula is C25H19F6NO2S. The molecule has 4 rings (SSSR count). The van der Waals surface area contributed by atoms with Crippen molar-refractivity contribution in [3.63, 3.8) is 0 Å². The molecule has 1 amide bonds. The zero-order valence-corrected chi connectivity index (χ0v) is 18.9. The number of benzene rings is 2. The highest BCUT2D eigenvalue weighted by Crippen LogP contribution is 2.35. The standard InChI is InChI=1S/C25H19F6NO2S/c26-22-6-1-14(10-21(22)25(29,30)31)9-19(33)12-16-11-17(2-5-20(16)15-7-8-35-13-15)24(27,28)23(34)32-18-3-4-18/h1-2,5-8,10-11,13,18H,3-4,9,12H2,(H,32,34). The molecule has 1 heterocycles. The summed E-state index contributed by atoms with van der Waals surface area (Å²) in [5, 5.41) is 5.80. The zero-order valence-electron chi connectivity index (χ0n) is 18.1. The number of nitrogens with one attached hydrogen (secondary N) is 1. The number of ketones is 1. The Morgan fingerprint density at radius 2 is 1.71 bits per heavy atom. The van der Waals surface area contributed by atoms with Gasteiger partial charge in [0.2, 0.25) is 0 Å². The minimum atomic E-state index is -4.92. The summed E-state index contributed by atoms with van der Waals surface area (Å²) in [5.74, 6) is -7.25. The summed E-state index contributed by atoms with van der Waals surface area (Å²) in [4.78, 5) is 24.9. The molecule has 1 aromatic heterocycles. The number of alkyl halides is 5. The average molecular weight is 511 g/mol. The van der Waals surface area contributed by atoms with Crippen molar-refractivity contribution in [3.05, 3.63) is 81.3 Å². The van der Waals surface area contributed by atoms with Crippen LogP contribution in [0.1, 0.15) is 35.1 Å². The second-order valence-electron chi connectivity index (χ2n) is 8.41. The van der Waals surface area contributed by atoms with Crippen molar-refractivity contribution >= 4 is 23.0 Å². The molecule has 1 aliphatic carbocycles. The predicted molar refractivity (Wildman–Crippen MR) is 119 cm³/mol. The molecule has 0 aliphatic heterocycles. The topological polar surface area (TPSA) is 46.2 Å². The lowest BCUT2D eigenvalue weighted by atomic mass is 9.92. The molecule has 1 fully saturated rings. The predicted octanol–water partition coefficient (Wildman–Crippen LogP) is 6.30. The summed E-state index contributed by atoms with van der Waals surface area (Å²) in [6, 6.07) is 7.37. The van der Waals surface area contributed by atoms with Crippen LogP contribution in [0.3, 0.4) is 0 Å². The molecule has 35 heavy (non-hydrogen) atoms. The van der Waals surface area contributed by atoms with E-state index in [1.165, 1.54) is 17.4 Å². The Bertz CT molecular complexity index is 1250. The van der Waals surface area contributed by atoms with Crippen molar-refractivity contribution in [3.8, 4) is 11.1 Å². The molecule has 2 aromatic carbocycles. The minimum Gasteiger partial charge on any atom is -0.348 e. The third-order valence-corrected chi connectivity index (χ3v) is 6.31. The van der Waals surface area contributed by atoms with Gasteiger partial charge in [-0.05, 0) is 70.1 Å². The van der Waals surface area contributed by atoms with E-state index >= 15 is 0 Å². The Kier molecular flexibility index (Phi) is 6.77. The van der Waals surface area contributed by atoms with Crippen LogP contribution < -0.4 is 5.32 Å². The van der Waals surface area contributed by atoms with Gasteiger partial charge in [-0.1, -0.05) is 18.2 Å². The fourth-order valence-corrected chi connectivity index (χ4v) is 4.33. The number of hydrogen-bond donors (Lipinski definition) is 1. The molecule has 184 valence electrons. The zero-order chi connectivity index (χ0) is 25.4. The average Bonchev–Trinajstić information content (AvgIpc) is 3.43. The highest BCUT2D eigenvalue weighted by atomic mass is 32.1. The Hall–Kier alpha value is -3.14. The molecule has 0 spiro atoms. The Morgan fingerprint density at radius 1 is 0.971 bits per heavy atom. The fourth-order valence-electron chi connectivity index (χ4n) is 3.67. The van der Waals surface area contributed by atoms with Crippen molar-refractivity contribution < 1.29 is 35.9 Å². The number of Topliss-reactive ketones (excluding diaryl/α,β-unsaturated/α-hetero) is 1. The maximum absolute atomic E-state index is 14.8. The van der Waals surface area contributed by atoms with Gasteiger partial charge in [-0.25, -0.2) is 4.39 Å². The third kappa shape index (κ3) is 5.75. The number of carbonyl (C=O) groups excluding carboxylic acids is 2. The lowest BCUT2D eigenvalue weighted by Crippen LogP contribution is -2.39. The molecule has 1 N–H and O–H groups in total. The van der Waals surface area contributed by atoms with E-state index in [2.05, 4.69) is 5.32 Å². The normalized spacial score (nSPS) is 14.1. The smallest absolute Gasteiger partial charge is 0.348 e. The van der Waals surface area contributed by atoms with E-state index in [0.29, 0.717) is 36.1 Å². The van der Waals surface area contributed by atoms with Crippen molar-refractivity contribution in [2.75, 3.05) is 0 Å². The summed E-state index contributed by atoms with van der Waals surface area (Å²) < 4.78 is 82.2. The van der Waals surface area contributed by atoms with E-state index in [9.17, 15) is 35.9 Å². The van der Waals surface area contributed by atoms with E-state index in [0.717, 1.165) is 18.2 Å². The van der Waals surface area contributed by atoms with Gasteiger partial charge in [0.05, 0.1) is 5.56 Å². The first-order valence-corrected chi connectivity index (χ1v) is 11.6. The molecule has 0 saturated heterocycles. The van der Waals surface area contributed by atoms with E-state index < -0.39 is 47.2 Å². The van der Waals surface area contributed by atoms with E-state index in [1.54, 1.807) is 16.8 Å². The molecule has 3 nitrogen and oxygen atoms in total. The van der Waals surface area contributed by atoms with Crippen molar-refractivity contribution in [1.29, 1.82) is 0 Å². The van der Waals surface area contributed by atoms with Crippen molar-refractivity contribution in [1.82, 2.24) is 5.32 Å². The minimum absolute atomic E-state index is 0.0499. The number of amides is 1. The van der Waals surface area contributed by atoms with Gasteiger partial charge >= 0.3 is 12.1 Å². The van der Waals surface area contributed by atoms with Crippen molar-refractivity contribution in [2.45, 2.75) is 43.8 Å². The number of thiophene rings is 1. The summed E-state index contributed by atoms with van der Waals surface area (Å²) in [7, 11) is 0. The molecule has 0 unspecified atom stereocenters. The van der Waals surface area contributed by atoms with Crippen LogP contribution in [0.2, 0.25) is 0 Å². The van der Waals surface area contributed by atoms with Gasteiger partial charge in [0.15, 0.2) is 0 Å². The summed E-state index contributed by atoms with van der Waals surface area (Å²) in [5.41, 5.74) is -0.731. The molecule has 3 aromatic rings. The quantitative estimate of drug-likeness (QED) is 0.361. The van der Waals surface area contributed by atoms with Crippen LogP contribution in [0.5, 0.6) is 0 Å². The van der Waals surface area contributed by atoms with Gasteiger partial charge in [0.1, 0.15) is 11.6 Å². The van der Waals surface area contributed by atoms with Gasteiger partial charge in [0.25, 0.3) is 5.91 Å². The van der Waals surface area contributed by atoms with Crippen LogP contribution in [-0.4, -0.2) is 17.7 Å². The molecular weight excluding hydrogens is 492 g/mol. The lowest BCUT2D eigenvalue weighted by molar-refractivity contribution is -0.147. The van der Waals surface area contributed by atoms with Crippen LogP contribution in [0, 0.1) is 5.82 Å². The van der Waals surface area contributed by atoms with Crippen LogP contribution in [0.15, 0.2) is 53.2 Å². The van der Waals surface area contributed by atoms with Gasteiger partial charge in [-0.15, -0.1) is 0 Å². The first kappa shape index (κ1) is 25.0. The number of rotatable bonds is 8. The molecule has 0 radical (unpaired) electrons. The van der Waals surface area contributed by atoms with Gasteiger partial charge in [-0.3, -0.25) is 9.59 Å². The maximum Gasteiger partial charge on any atom is 0.419 e. The SMILES string of the molecule is O=C(Cc1ccc(F)c(C(F)(F)F)c1)Cc1cc(C(F)(F)C(=O)NC2CC2)ccc1-c1ccsc1. The molecule has 0 atom stereocenters. The fraction of sp³-hybridized carbons (Fsp3) is 0.280. The third-order valence-electron chi connectivity index (χ3n) is 5.62. The summed E-state index contributed by atoms with van der Waals surface area (Å²) in [6.07, 6.45) is -4.46. The van der Waals surface area contributed by atoms with Gasteiger partial charge in [-0.2, -0.15) is 33.3 Å². The van der Waals surface area contributed by atoms with Crippen molar-refractivity contribution in [2.24, 2.45) is 0 Å². The van der Waals surface area contributed by atoms with E-state index in [-0.39, 0.29) is 23.6 Å².